The van der Waals surface area contributed by atoms with E-state index in [1.54, 1.807) is 24.3 Å². The molecule has 0 unspecified atom stereocenters. The Morgan fingerprint density at radius 3 is 2.26 bits per heavy atom. The first-order valence-electron chi connectivity index (χ1n) is 6.91. The van der Waals surface area contributed by atoms with Gasteiger partial charge in [-0.05, 0) is 35.7 Å². The van der Waals surface area contributed by atoms with Crippen LogP contribution in [0, 0.1) is 0 Å². The number of benzene rings is 3. The van der Waals surface area contributed by atoms with Gasteiger partial charge in [0, 0.05) is 11.1 Å². The topological polar surface area (TPSA) is 86.6 Å². The maximum atomic E-state index is 12.3. The first kappa shape index (κ1) is 14.6. The highest BCUT2D eigenvalue weighted by Gasteiger charge is 2.14. The van der Waals surface area contributed by atoms with Crippen LogP contribution >= 0.6 is 0 Å². The molecule has 0 aliphatic carbocycles. The van der Waals surface area contributed by atoms with Crippen LogP contribution in [0.4, 0.5) is 5.69 Å². The standard InChI is InChI=1S/C18H13NO4/c20-16-14-4-2-1-3-11(14)7-10-15(16)17(21)19-13-8-5-12(6-9-13)18(22)23/h1-10,20H,(H,19,21)(H,22,23). The average Bonchev–Trinajstić information content (AvgIpc) is 2.56. The summed E-state index contributed by atoms with van der Waals surface area (Å²) in [7, 11) is 0. The zero-order chi connectivity index (χ0) is 16.4. The Morgan fingerprint density at radius 1 is 0.870 bits per heavy atom. The summed E-state index contributed by atoms with van der Waals surface area (Å²) in [5, 5.41) is 23.2. The molecule has 0 saturated heterocycles. The van der Waals surface area contributed by atoms with Crippen LogP contribution in [0.5, 0.6) is 5.75 Å². The lowest BCUT2D eigenvalue weighted by Gasteiger charge is -2.09. The van der Waals surface area contributed by atoms with E-state index in [1.165, 1.54) is 24.3 Å². The summed E-state index contributed by atoms with van der Waals surface area (Å²) in [5.74, 6) is -1.57. The molecule has 0 atom stereocenters. The van der Waals surface area contributed by atoms with E-state index in [4.69, 9.17) is 5.11 Å². The van der Waals surface area contributed by atoms with E-state index in [0.717, 1.165) is 5.39 Å². The van der Waals surface area contributed by atoms with Crippen molar-refractivity contribution in [2.45, 2.75) is 0 Å². The number of carbonyl (C=O) groups excluding carboxylic acids is 1. The summed E-state index contributed by atoms with van der Waals surface area (Å²) >= 11 is 0. The van der Waals surface area contributed by atoms with Crippen molar-refractivity contribution in [3.63, 3.8) is 0 Å². The van der Waals surface area contributed by atoms with Crippen LogP contribution in [-0.4, -0.2) is 22.1 Å². The molecule has 0 bridgehead atoms. The number of aromatic hydroxyl groups is 1. The van der Waals surface area contributed by atoms with Gasteiger partial charge in [-0.1, -0.05) is 30.3 Å². The Hall–Kier alpha value is -3.34. The van der Waals surface area contributed by atoms with Gasteiger partial charge in [-0.2, -0.15) is 0 Å². The minimum Gasteiger partial charge on any atom is -0.506 e. The number of aromatic carboxylic acids is 1. The van der Waals surface area contributed by atoms with Crippen molar-refractivity contribution in [1.29, 1.82) is 0 Å². The lowest BCUT2D eigenvalue weighted by Crippen LogP contribution is -2.12. The van der Waals surface area contributed by atoms with Crippen molar-refractivity contribution in [1.82, 2.24) is 0 Å². The fourth-order valence-electron chi connectivity index (χ4n) is 2.33. The number of phenols is 1. The number of carboxylic acids is 1. The zero-order valence-electron chi connectivity index (χ0n) is 12.0. The highest BCUT2D eigenvalue weighted by molar-refractivity contribution is 6.09. The van der Waals surface area contributed by atoms with Gasteiger partial charge in [0.2, 0.25) is 0 Å². The maximum Gasteiger partial charge on any atom is 0.335 e. The van der Waals surface area contributed by atoms with Gasteiger partial charge >= 0.3 is 5.97 Å². The number of hydrogen-bond acceptors (Lipinski definition) is 3. The third-order valence-electron chi connectivity index (χ3n) is 3.53. The number of fused-ring (bicyclic) bond motifs is 1. The number of hydrogen-bond donors (Lipinski definition) is 3. The molecule has 3 N–H and O–H groups in total. The summed E-state index contributed by atoms with van der Waals surface area (Å²) in [4.78, 5) is 23.1. The minimum absolute atomic E-state index is 0.0808. The van der Waals surface area contributed by atoms with Gasteiger partial charge in [0.05, 0.1) is 11.1 Å². The SMILES string of the molecule is O=C(O)c1ccc(NC(=O)c2ccc3ccccc3c2O)cc1. The predicted octanol–water partition coefficient (Wildman–Crippen LogP) is 3.50. The fraction of sp³-hybridized carbons (Fsp3) is 0. The molecule has 23 heavy (non-hydrogen) atoms. The molecule has 3 aromatic rings. The van der Waals surface area contributed by atoms with E-state index in [-0.39, 0.29) is 16.9 Å². The number of rotatable bonds is 3. The fourth-order valence-corrected chi connectivity index (χ4v) is 2.33. The van der Waals surface area contributed by atoms with Crippen molar-refractivity contribution in [2.24, 2.45) is 0 Å². The normalized spacial score (nSPS) is 10.4. The third-order valence-corrected chi connectivity index (χ3v) is 3.53. The summed E-state index contributed by atoms with van der Waals surface area (Å²) in [6, 6.07) is 16.3. The van der Waals surface area contributed by atoms with E-state index in [1.807, 2.05) is 12.1 Å². The summed E-state index contributed by atoms with van der Waals surface area (Å²) in [6.45, 7) is 0. The smallest absolute Gasteiger partial charge is 0.335 e. The molecule has 0 aliphatic rings. The second kappa shape index (κ2) is 5.81. The summed E-state index contributed by atoms with van der Waals surface area (Å²) < 4.78 is 0. The van der Waals surface area contributed by atoms with Crippen molar-refractivity contribution in [2.75, 3.05) is 5.32 Å². The van der Waals surface area contributed by atoms with Crippen LogP contribution in [0.1, 0.15) is 20.7 Å². The average molecular weight is 307 g/mol. The molecular weight excluding hydrogens is 294 g/mol. The van der Waals surface area contributed by atoms with Crippen molar-refractivity contribution in [3.8, 4) is 5.75 Å². The molecule has 3 aromatic carbocycles. The Morgan fingerprint density at radius 2 is 1.57 bits per heavy atom. The third kappa shape index (κ3) is 2.85. The number of amides is 1. The Bertz CT molecular complexity index is 901. The van der Waals surface area contributed by atoms with E-state index in [2.05, 4.69) is 5.32 Å². The minimum atomic E-state index is -1.03. The molecule has 0 heterocycles. The predicted molar refractivity (Wildman–Crippen MR) is 87.0 cm³/mol. The second-order valence-electron chi connectivity index (χ2n) is 5.02. The molecule has 0 aromatic heterocycles. The number of carboxylic acid groups (broad SMARTS) is 1. The van der Waals surface area contributed by atoms with Crippen LogP contribution in [-0.2, 0) is 0 Å². The largest absolute Gasteiger partial charge is 0.506 e. The summed E-state index contributed by atoms with van der Waals surface area (Å²) in [6.07, 6.45) is 0. The van der Waals surface area contributed by atoms with Gasteiger partial charge in [0.1, 0.15) is 5.75 Å². The van der Waals surface area contributed by atoms with Gasteiger partial charge in [0.15, 0.2) is 0 Å². The molecule has 5 heteroatoms. The monoisotopic (exact) mass is 307 g/mol. The molecule has 5 nitrogen and oxygen atoms in total. The first-order chi connectivity index (χ1) is 11.1. The molecule has 0 fully saturated rings. The Kier molecular flexibility index (Phi) is 3.68. The Balaban J connectivity index is 1.88. The van der Waals surface area contributed by atoms with Crippen molar-refractivity contribution in [3.05, 3.63) is 71.8 Å². The van der Waals surface area contributed by atoms with Gasteiger partial charge in [-0.25, -0.2) is 4.79 Å². The van der Waals surface area contributed by atoms with Gasteiger partial charge in [-0.3, -0.25) is 4.79 Å². The molecule has 114 valence electrons. The lowest BCUT2D eigenvalue weighted by atomic mass is 10.0. The van der Waals surface area contributed by atoms with Crippen LogP contribution < -0.4 is 5.32 Å². The molecule has 0 spiro atoms. The number of carbonyl (C=O) groups is 2. The van der Waals surface area contributed by atoms with Gasteiger partial charge < -0.3 is 15.5 Å². The van der Waals surface area contributed by atoms with E-state index in [9.17, 15) is 14.7 Å². The second-order valence-corrected chi connectivity index (χ2v) is 5.02. The molecule has 3 rings (SSSR count). The quantitative estimate of drug-likeness (QED) is 0.691. The van der Waals surface area contributed by atoms with Crippen LogP contribution in [0.3, 0.4) is 0 Å². The molecule has 0 saturated carbocycles. The van der Waals surface area contributed by atoms with Crippen molar-refractivity contribution < 1.29 is 19.8 Å². The molecule has 0 radical (unpaired) electrons. The Labute approximate surface area is 131 Å². The van der Waals surface area contributed by atoms with Crippen LogP contribution in [0.2, 0.25) is 0 Å². The number of nitrogens with one attached hydrogen (secondary N) is 1. The number of phenolic OH excluding ortho intramolecular Hbond substituents is 1. The van der Waals surface area contributed by atoms with Gasteiger partial charge in [-0.15, -0.1) is 0 Å². The van der Waals surface area contributed by atoms with E-state index < -0.39 is 11.9 Å². The van der Waals surface area contributed by atoms with Crippen LogP contribution in [0.25, 0.3) is 10.8 Å². The van der Waals surface area contributed by atoms with Crippen molar-refractivity contribution >= 4 is 28.3 Å². The molecule has 0 aliphatic heterocycles. The lowest BCUT2D eigenvalue weighted by molar-refractivity contribution is 0.0696. The highest BCUT2D eigenvalue weighted by atomic mass is 16.4. The van der Waals surface area contributed by atoms with Gasteiger partial charge in [0.25, 0.3) is 5.91 Å². The highest BCUT2D eigenvalue weighted by Crippen LogP contribution is 2.29. The molecular formula is C18H13NO4. The van der Waals surface area contributed by atoms with E-state index >= 15 is 0 Å². The number of anilines is 1. The molecule has 1 amide bonds. The van der Waals surface area contributed by atoms with E-state index in [0.29, 0.717) is 11.1 Å². The summed E-state index contributed by atoms with van der Waals surface area (Å²) in [5.41, 5.74) is 0.745. The first-order valence-corrected chi connectivity index (χ1v) is 6.91. The van der Waals surface area contributed by atoms with Crippen LogP contribution in [0.15, 0.2) is 60.7 Å². The maximum absolute atomic E-state index is 12.3. The zero-order valence-corrected chi connectivity index (χ0v) is 12.0.